The van der Waals surface area contributed by atoms with Crippen molar-refractivity contribution in [2.24, 2.45) is 0 Å². The summed E-state index contributed by atoms with van der Waals surface area (Å²) in [7, 11) is 0. The molecule has 1 saturated heterocycles. The van der Waals surface area contributed by atoms with Crippen LogP contribution in [0, 0.1) is 6.92 Å². The zero-order valence-electron chi connectivity index (χ0n) is 15.4. The van der Waals surface area contributed by atoms with Gasteiger partial charge in [-0.25, -0.2) is 4.79 Å². The van der Waals surface area contributed by atoms with Gasteiger partial charge in [-0.1, -0.05) is 37.6 Å². The number of hydrogen-bond donors (Lipinski definition) is 2. The standard InChI is InChI=1S/C19H30N4O2/c1-3-4-9-20-19(25)21-18(24)15-23-12-10-22(11-13-23)14-17-8-6-5-7-16(17)2/h5-8H,3-4,9-15H2,1-2H3,(H2,20,21,24,25). The molecule has 1 aromatic carbocycles. The number of aryl methyl sites for hydroxylation is 1. The molecular formula is C19H30N4O2. The lowest BCUT2D eigenvalue weighted by Gasteiger charge is -2.34. The van der Waals surface area contributed by atoms with E-state index in [1.54, 1.807) is 0 Å². The minimum atomic E-state index is -0.392. The van der Waals surface area contributed by atoms with E-state index in [4.69, 9.17) is 0 Å². The molecule has 1 aliphatic rings. The molecule has 138 valence electrons. The molecule has 0 aliphatic carbocycles. The molecule has 2 rings (SSSR count). The summed E-state index contributed by atoms with van der Waals surface area (Å²) in [6.07, 6.45) is 1.94. The highest BCUT2D eigenvalue weighted by atomic mass is 16.2. The summed E-state index contributed by atoms with van der Waals surface area (Å²) in [6.45, 7) is 9.59. The van der Waals surface area contributed by atoms with E-state index in [1.165, 1.54) is 11.1 Å². The number of imide groups is 1. The number of hydrogen-bond acceptors (Lipinski definition) is 4. The summed E-state index contributed by atoms with van der Waals surface area (Å²) in [5, 5.41) is 5.09. The number of rotatable bonds is 7. The van der Waals surface area contributed by atoms with Crippen molar-refractivity contribution in [3.63, 3.8) is 0 Å². The largest absolute Gasteiger partial charge is 0.338 e. The van der Waals surface area contributed by atoms with Crippen molar-refractivity contribution in [1.29, 1.82) is 0 Å². The maximum Gasteiger partial charge on any atom is 0.321 e. The molecule has 0 spiro atoms. The summed E-state index contributed by atoms with van der Waals surface area (Å²) in [5.74, 6) is -0.235. The van der Waals surface area contributed by atoms with Crippen molar-refractivity contribution in [3.05, 3.63) is 35.4 Å². The Labute approximate surface area is 150 Å². The first-order valence-electron chi connectivity index (χ1n) is 9.15. The summed E-state index contributed by atoms with van der Waals surface area (Å²) in [6, 6.07) is 8.06. The van der Waals surface area contributed by atoms with Crippen LogP contribution in [0.5, 0.6) is 0 Å². The Balaban J connectivity index is 1.67. The number of nitrogens with one attached hydrogen (secondary N) is 2. The molecule has 0 unspecified atom stereocenters. The predicted octanol–water partition coefficient (Wildman–Crippen LogP) is 1.74. The minimum absolute atomic E-state index is 0.235. The van der Waals surface area contributed by atoms with E-state index < -0.39 is 6.03 Å². The maximum absolute atomic E-state index is 11.9. The molecule has 1 aromatic rings. The molecular weight excluding hydrogens is 316 g/mol. The first-order valence-corrected chi connectivity index (χ1v) is 9.15. The predicted molar refractivity (Wildman–Crippen MR) is 99.3 cm³/mol. The van der Waals surface area contributed by atoms with Crippen molar-refractivity contribution in [2.75, 3.05) is 39.3 Å². The summed E-state index contributed by atoms with van der Waals surface area (Å²) >= 11 is 0. The van der Waals surface area contributed by atoms with Crippen molar-refractivity contribution in [2.45, 2.75) is 33.2 Å². The molecule has 1 aliphatic heterocycles. The highest BCUT2D eigenvalue weighted by Crippen LogP contribution is 2.12. The fourth-order valence-corrected chi connectivity index (χ4v) is 2.93. The molecule has 2 N–H and O–H groups in total. The van der Waals surface area contributed by atoms with Gasteiger partial charge in [-0.3, -0.25) is 19.9 Å². The Bertz CT molecular complexity index is 568. The second-order valence-electron chi connectivity index (χ2n) is 6.64. The van der Waals surface area contributed by atoms with Crippen LogP contribution in [0.2, 0.25) is 0 Å². The quantitative estimate of drug-likeness (QED) is 0.738. The molecule has 3 amide bonds. The number of urea groups is 1. The van der Waals surface area contributed by atoms with Gasteiger partial charge in [-0.05, 0) is 24.5 Å². The Hall–Kier alpha value is -1.92. The SMILES string of the molecule is CCCCNC(=O)NC(=O)CN1CCN(Cc2ccccc2C)CC1. The molecule has 0 radical (unpaired) electrons. The van der Waals surface area contributed by atoms with Gasteiger partial charge in [0.05, 0.1) is 6.54 Å². The van der Waals surface area contributed by atoms with Crippen LogP contribution in [0.3, 0.4) is 0 Å². The number of carbonyl (C=O) groups is 2. The van der Waals surface area contributed by atoms with Crippen LogP contribution in [0.15, 0.2) is 24.3 Å². The average Bonchev–Trinajstić information content (AvgIpc) is 2.59. The number of benzene rings is 1. The summed E-state index contributed by atoms with van der Waals surface area (Å²) in [4.78, 5) is 28.0. The van der Waals surface area contributed by atoms with Crippen LogP contribution in [0.25, 0.3) is 0 Å². The van der Waals surface area contributed by atoms with E-state index in [-0.39, 0.29) is 12.5 Å². The van der Waals surface area contributed by atoms with Crippen LogP contribution < -0.4 is 10.6 Å². The fraction of sp³-hybridized carbons (Fsp3) is 0.579. The lowest BCUT2D eigenvalue weighted by atomic mass is 10.1. The average molecular weight is 346 g/mol. The number of piperazine rings is 1. The van der Waals surface area contributed by atoms with E-state index in [9.17, 15) is 9.59 Å². The van der Waals surface area contributed by atoms with Crippen molar-refractivity contribution < 1.29 is 9.59 Å². The Kier molecular flexibility index (Phi) is 7.88. The normalized spacial score (nSPS) is 15.8. The molecule has 0 atom stereocenters. The number of nitrogens with zero attached hydrogens (tertiary/aromatic N) is 2. The van der Waals surface area contributed by atoms with Gasteiger partial charge in [-0.2, -0.15) is 0 Å². The molecule has 0 aromatic heterocycles. The molecule has 1 fully saturated rings. The lowest BCUT2D eigenvalue weighted by molar-refractivity contribution is -0.121. The maximum atomic E-state index is 11.9. The van der Waals surface area contributed by atoms with Crippen LogP contribution in [0.1, 0.15) is 30.9 Å². The van der Waals surface area contributed by atoms with Gasteiger partial charge in [0.2, 0.25) is 5.91 Å². The lowest BCUT2D eigenvalue weighted by Crippen LogP contribution is -2.50. The molecule has 0 bridgehead atoms. The van der Waals surface area contributed by atoms with Gasteiger partial charge in [0.1, 0.15) is 0 Å². The second-order valence-corrected chi connectivity index (χ2v) is 6.64. The first-order chi connectivity index (χ1) is 12.1. The van der Waals surface area contributed by atoms with E-state index >= 15 is 0 Å². The molecule has 25 heavy (non-hydrogen) atoms. The fourth-order valence-electron chi connectivity index (χ4n) is 2.93. The monoisotopic (exact) mass is 346 g/mol. The van der Waals surface area contributed by atoms with Gasteiger partial charge in [0, 0.05) is 39.3 Å². The Morgan fingerprint density at radius 1 is 1.08 bits per heavy atom. The zero-order chi connectivity index (χ0) is 18.1. The Morgan fingerprint density at radius 2 is 1.76 bits per heavy atom. The van der Waals surface area contributed by atoms with Crippen molar-refractivity contribution in [1.82, 2.24) is 20.4 Å². The van der Waals surface area contributed by atoms with Gasteiger partial charge >= 0.3 is 6.03 Å². The van der Waals surface area contributed by atoms with E-state index in [1.807, 2.05) is 0 Å². The van der Waals surface area contributed by atoms with Gasteiger partial charge < -0.3 is 5.32 Å². The highest BCUT2D eigenvalue weighted by Gasteiger charge is 2.20. The summed E-state index contributed by atoms with van der Waals surface area (Å²) < 4.78 is 0. The van der Waals surface area contributed by atoms with Crippen LogP contribution in [0.4, 0.5) is 4.79 Å². The third kappa shape index (κ3) is 6.84. The highest BCUT2D eigenvalue weighted by molar-refractivity contribution is 5.95. The molecule has 0 saturated carbocycles. The topological polar surface area (TPSA) is 64.7 Å². The number of carbonyl (C=O) groups excluding carboxylic acids is 2. The Morgan fingerprint density at radius 3 is 2.44 bits per heavy atom. The second kappa shape index (κ2) is 10.2. The zero-order valence-corrected chi connectivity index (χ0v) is 15.4. The van der Waals surface area contributed by atoms with Gasteiger partial charge in [0.15, 0.2) is 0 Å². The van der Waals surface area contributed by atoms with E-state index in [0.29, 0.717) is 6.54 Å². The van der Waals surface area contributed by atoms with Crippen LogP contribution in [-0.4, -0.2) is 61.0 Å². The third-order valence-corrected chi connectivity index (χ3v) is 4.56. The van der Waals surface area contributed by atoms with Crippen LogP contribution in [-0.2, 0) is 11.3 Å². The van der Waals surface area contributed by atoms with Gasteiger partial charge in [0.25, 0.3) is 0 Å². The van der Waals surface area contributed by atoms with Crippen molar-refractivity contribution >= 4 is 11.9 Å². The third-order valence-electron chi connectivity index (χ3n) is 4.56. The minimum Gasteiger partial charge on any atom is -0.338 e. The number of unbranched alkanes of at least 4 members (excludes halogenated alkanes) is 1. The molecule has 1 heterocycles. The number of amides is 3. The van der Waals surface area contributed by atoms with E-state index in [2.05, 4.69) is 58.5 Å². The smallest absolute Gasteiger partial charge is 0.321 e. The first kappa shape index (κ1) is 19.4. The molecule has 6 nitrogen and oxygen atoms in total. The summed E-state index contributed by atoms with van der Waals surface area (Å²) in [5.41, 5.74) is 2.68. The van der Waals surface area contributed by atoms with Gasteiger partial charge in [-0.15, -0.1) is 0 Å². The van der Waals surface area contributed by atoms with E-state index in [0.717, 1.165) is 45.6 Å². The van der Waals surface area contributed by atoms with Crippen LogP contribution >= 0.6 is 0 Å². The molecule has 6 heteroatoms. The van der Waals surface area contributed by atoms with Crippen molar-refractivity contribution in [3.8, 4) is 0 Å².